The van der Waals surface area contributed by atoms with Crippen molar-refractivity contribution in [3.05, 3.63) is 224 Å². The predicted octanol–water partition coefficient (Wildman–Crippen LogP) is 15.1. The van der Waals surface area contributed by atoms with Gasteiger partial charge in [-0.25, -0.2) is 0 Å². The minimum absolute atomic E-state index is 1.17. The average molecular weight is 732 g/mol. The van der Waals surface area contributed by atoms with Crippen molar-refractivity contribution in [3.8, 4) is 50.2 Å². The van der Waals surface area contributed by atoms with Crippen LogP contribution in [0.1, 0.15) is 0 Å². The van der Waals surface area contributed by atoms with E-state index in [4.69, 9.17) is 0 Å². The largest absolute Gasteiger partial charge is 0.309 e. The molecule has 0 atom stereocenters. The maximum atomic E-state index is 2.53. The highest BCUT2D eigenvalue weighted by Gasteiger charge is 2.35. The molecule has 1 heterocycles. The van der Waals surface area contributed by atoms with Gasteiger partial charge >= 0.3 is 0 Å². The molecule has 0 unspecified atom stereocenters. The van der Waals surface area contributed by atoms with Crippen molar-refractivity contribution in [2.75, 3.05) is 0 Å². The third-order valence-electron chi connectivity index (χ3n) is 11.5. The second kappa shape index (κ2) is 13.2. The van der Waals surface area contributed by atoms with Crippen LogP contribution in [-0.2, 0) is 0 Å². The number of fused-ring (bicyclic) bond motifs is 11. The zero-order chi connectivity index (χ0) is 37.1. The maximum Gasteiger partial charge on any atom is 0.0541 e. The number of para-hydroxylation sites is 2. The molecule has 0 N–H and O–H groups in total. The second-order valence-electron chi connectivity index (χ2n) is 14.4. The molecular formula is C54H37NS. The molecule has 0 spiro atoms. The molecule has 0 bridgehead atoms. The molecule has 0 saturated heterocycles. The molecular weight excluding hydrogens is 695 g/mol. The van der Waals surface area contributed by atoms with E-state index in [9.17, 15) is 0 Å². The number of hydrogen-bond acceptors (Lipinski definition) is 0. The molecule has 11 rings (SSSR count). The van der Waals surface area contributed by atoms with Crippen LogP contribution < -0.4 is 0 Å². The lowest BCUT2D eigenvalue weighted by Crippen LogP contribution is -2.06. The van der Waals surface area contributed by atoms with Crippen molar-refractivity contribution in [2.45, 2.75) is 19.6 Å². The topological polar surface area (TPSA) is 4.93 Å². The van der Waals surface area contributed by atoms with E-state index >= 15 is 0 Å². The summed E-state index contributed by atoms with van der Waals surface area (Å²) in [7, 11) is -2.03. The molecule has 1 aromatic heterocycles. The number of nitrogens with zero attached hydrogens (tertiary/aromatic N) is 1. The predicted molar refractivity (Wildman–Crippen MR) is 236 cm³/mol. The van der Waals surface area contributed by atoms with Gasteiger partial charge in [-0.3, -0.25) is 0 Å². The second-order valence-corrected chi connectivity index (χ2v) is 17.6. The minimum atomic E-state index is -2.03. The SMILES string of the molecule is c1ccc(-n2c3ccccc3c3cc(S(c4ccccc4)(c4ccccc4)c4ccc5c(c4)-c4ccccc4-c4ccccc4-c4ccccc4-5)ccc32)cc1. The molecule has 0 radical (unpaired) electrons. The molecule has 264 valence electrons. The van der Waals surface area contributed by atoms with Gasteiger partial charge in [0.1, 0.15) is 0 Å². The summed E-state index contributed by atoms with van der Waals surface area (Å²) in [4.78, 5) is 5.23. The summed E-state index contributed by atoms with van der Waals surface area (Å²) >= 11 is 0. The smallest absolute Gasteiger partial charge is 0.0541 e. The van der Waals surface area contributed by atoms with Crippen LogP contribution in [0.3, 0.4) is 0 Å². The van der Waals surface area contributed by atoms with Crippen molar-refractivity contribution in [1.29, 1.82) is 0 Å². The average Bonchev–Trinajstić information content (AvgIpc) is 3.61. The molecule has 0 amide bonds. The summed E-state index contributed by atoms with van der Waals surface area (Å²) in [5.74, 6) is 0. The highest BCUT2D eigenvalue weighted by atomic mass is 32.3. The normalized spacial score (nSPS) is 12.2. The molecule has 10 aromatic rings. The van der Waals surface area contributed by atoms with Crippen LogP contribution in [0.4, 0.5) is 0 Å². The van der Waals surface area contributed by atoms with Crippen LogP contribution in [0.5, 0.6) is 0 Å². The summed E-state index contributed by atoms with van der Waals surface area (Å²) in [6.07, 6.45) is 0. The van der Waals surface area contributed by atoms with Gasteiger partial charge < -0.3 is 4.57 Å². The first-order chi connectivity index (χ1) is 27.8. The van der Waals surface area contributed by atoms with Gasteiger partial charge in [0.05, 0.1) is 11.0 Å². The summed E-state index contributed by atoms with van der Waals surface area (Å²) in [5.41, 5.74) is 13.6. The van der Waals surface area contributed by atoms with E-state index in [2.05, 4.69) is 229 Å². The molecule has 1 nitrogen and oxygen atoms in total. The zero-order valence-corrected chi connectivity index (χ0v) is 31.5. The summed E-state index contributed by atoms with van der Waals surface area (Å²) in [5, 5.41) is 2.51. The lowest BCUT2D eigenvalue weighted by Gasteiger charge is -2.42. The third-order valence-corrected chi connectivity index (χ3v) is 15.4. The Morgan fingerprint density at radius 3 is 1.20 bits per heavy atom. The van der Waals surface area contributed by atoms with Gasteiger partial charge in [-0.2, -0.15) is 0 Å². The summed E-state index contributed by atoms with van der Waals surface area (Å²) in [6.45, 7) is 0. The third kappa shape index (κ3) is 4.90. The lowest BCUT2D eigenvalue weighted by atomic mass is 9.81. The van der Waals surface area contributed by atoms with Crippen molar-refractivity contribution < 1.29 is 0 Å². The molecule has 0 fully saturated rings. The van der Waals surface area contributed by atoms with E-state index in [0.717, 1.165) is 0 Å². The number of aromatic nitrogens is 1. The minimum Gasteiger partial charge on any atom is -0.309 e. The van der Waals surface area contributed by atoms with Crippen LogP contribution in [0.2, 0.25) is 0 Å². The van der Waals surface area contributed by atoms with Crippen LogP contribution >= 0.6 is 10.0 Å². The van der Waals surface area contributed by atoms with E-state index in [-0.39, 0.29) is 0 Å². The van der Waals surface area contributed by atoms with E-state index in [1.807, 2.05) is 0 Å². The fourth-order valence-electron chi connectivity index (χ4n) is 9.09. The van der Waals surface area contributed by atoms with Gasteiger partial charge in [0.2, 0.25) is 0 Å². The van der Waals surface area contributed by atoms with Gasteiger partial charge in [-0.1, -0.05) is 152 Å². The Hall–Kier alpha value is -6.87. The monoisotopic (exact) mass is 731 g/mol. The van der Waals surface area contributed by atoms with E-state index in [1.54, 1.807) is 0 Å². The molecule has 1 aliphatic carbocycles. The Balaban J connectivity index is 1.25. The van der Waals surface area contributed by atoms with Gasteiger partial charge in [-0.15, -0.1) is 10.0 Å². The Morgan fingerprint density at radius 1 is 0.250 bits per heavy atom. The Bertz CT molecular complexity index is 3020. The molecule has 2 heteroatoms. The highest BCUT2D eigenvalue weighted by molar-refractivity contribution is 8.34. The van der Waals surface area contributed by atoms with E-state index < -0.39 is 10.0 Å². The van der Waals surface area contributed by atoms with Crippen LogP contribution in [-0.4, -0.2) is 4.57 Å². The van der Waals surface area contributed by atoms with E-state index in [1.165, 1.54) is 91.6 Å². The van der Waals surface area contributed by atoms with Gasteiger partial charge in [-0.05, 0) is 117 Å². The first kappa shape index (κ1) is 32.6. The van der Waals surface area contributed by atoms with Gasteiger partial charge in [0, 0.05) is 36.0 Å². The Kier molecular flexibility index (Phi) is 7.65. The molecule has 0 saturated carbocycles. The fraction of sp³-hybridized carbons (Fsp3) is 0. The molecule has 56 heavy (non-hydrogen) atoms. The zero-order valence-electron chi connectivity index (χ0n) is 30.7. The molecule has 9 aromatic carbocycles. The lowest BCUT2D eigenvalue weighted by molar-refractivity contribution is 1.18. The first-order valence-electron chi connectivity index (χ1n) is 19.3. The highest BCUT2D eigenvalue weighted by Crippen LogP contribution is 2.74. The van der Waals surface area contributed by atoms with Crippen molar-refractivity contribution in [2.24, 2.45) is 0 Å². The number of hydrogen-bond donors (Lipinski definition) is 0. The number of benzene rings is 9. The summed E-state index contributed by atoms with van der Waals surface area (Å²) in [6, 6.07) is 83.5. The van der Waals surface area contributed by atoms with E-state index in [0.29, 0.717) is 0 Å². The van der Waals surface area contributed by atoms with Crippen molar-refractivity contribution in [3.63, 3.8) is 0 Å². The van der Waals surface area contributed by atoms with Gasteiger partial charge in [0.15, 0.2) is 0 Å². The van der Waals surface area contributed by atoms with Gasteiger partial charge in [0.25, 0.3) is 0 Å². The first-order valence-corrected chi connectivity index (χ1v) is 20.9. The van der Waals surface area contributed by atoms with Crippen LogP contribution in [0.15, 0.2) is 244 Å². The Labute approximate surface area is 329 Å². The molecule has 0 aliphatic heterocycles. The molecule has 1 aliphatic rings. The number of rotatable bonds is 5. The standard InChI is InChI=1S/C54H37NS/c1-4-18-38(19-5-1)55-53-31-17-16-30-50(53)52-37-42(33-35-54(52)55)56(39-20-6-2-7-21-39,40-22-8-3-9-23-40)41-32-34-49-47-28-13-12-26-45(47)43-24-10-11-25-44(43)46-27-14-15-29-48(46)51(49)36-41/h1-37H. The van der Waals surface area contributed by atoms with Crippen LogP contribution in [0.25, 0.3) is 72.0 Å². The quantitative estimate of drug-likeness (QED) is 0.166. The van der Waals surface area contributed by atoms with Crippen molar-refractivity contribution in [1.82, 2.24) is 4.57 Å². The maximum absolute atomic E-state index is 2.53. The fourth-order valence-corrected chi connectivity index (χ4v) is 13.0. The summed E-state index contributed by atoms with van der Waals surface area (Å²) < 4.78 is 2.41. The van der Waals surface area contributed by atoms with Crippen LogP contribution in [0, 0.1) is 0 Å². The van der Waals surface area contributed by atoms with Crippen molar-refractivity contribution >= 4 is 31.8 Å². The Morgan fingerprint density at radius 2 is 0.643 bits per heavy atom.